The second-order valence-corrected chi connectivity index (χ2v) is 13.5. The van der Waals surface area contributed by atoms with Gasteiger partial charge < -0.3 is 34.9 Å². The van der Waals surface area contributed by atoms with Crippen molar-refractivity contribution in [3.8, 4) is 11.5 Å². The number of aliphatic hydroxyl groups is 1. The van der Waals surface area contributed by atoms with Crippen LogP contribution < -0.4 is 20.1 Å². The summed E-state index contributed by atoms with van der Waals surface area (Å²) < 4.78 is 18.2. The number of likely N-dealkylation sites (N-methyl/N-ethyl adjacent to an activating group) is 1. The van der Waals surface area contributed by atoms with Crippen molar-refractivity contribution < 1.29 is 28.9 Å². The van der Waals surface area contributed by atoms with Gasteiger partial charge in [0.2, 0.25) is 0 Å². The van der Waals surface area contributed by atoms with E-state index in [0.717, 1.165) is 57.2 Å². The van der Waals surface area contributed by atoms with Gasteiger partial charge in [0.1, 0.15) is 11.5 Å². The van der Waals surface area contributed by atoms with Crippen LogP contribution in [-0.2, 0) is 11.3 Å². The summed E-state index contributed by atoms with van der Waals surface area (Å²) in [5.74, 6) is 1.03. The molecule has 2 aliphatic rings. The SMILES string of the molecule is COc1ccc(CN(C)C[C@H]2OCCCC[C@H](C)Oc3ccc(NC(=O)NC4CCCCC4)cc3C(=O)N([C@H](C)CO)C[C@@H]2C)cc1. The fourth-order valence-corrected chi connectivity index (χ4v) is 6.48. The second kappa shape index (κ2) is 18.3. The number of anilines is 1. The number of benzene rings is 2. The van der Waals surface area contributed by atoms with Crippen molar-refractivity contribution in [3.05, 3.63) is 53.6 Å². The molecule has 1 saturated carbocycles. The predicted octanol–water partition coefficient (Wildman–Crippen LogP) is 6.08. The van der Waals surface area contributed by atoms with Crippen LogP contribution in [0, 0.1) is 5.92 Å². The van der Waals surface area contributed by atoms with E-state index >= 15 is 0 Å². The lowest BCUT2D eigenvalue weighted by Gasteiger charge is -2.36. The third-order valence-corrected chi connectivity index (χ3v) is 9.35. The van der Waals surface area contributed by atoms with E-state index in [4.69, 9.17) is 14.2 Å². The van der Waals surface area contributed by atoms with Gasteiger partial charge in [-0.2, -0.15) is 0 Å². The average Bonchev–Trinajstić information content (AvgIpc) is 3.06. The van der Waals surface area contributed by atoms with Crippen LogP contribution in [-0.4, -0.2) is 91.6 Å². The Morgan fingerprint density at radius 2 is 1.79 bits per heavy atom. The Bertz CT molecular complexity index is 1270. The van der Waals surface area contributed by atoms with Crippen LogP contribution in [0.15, 0.2) is 42.5 Å². The molecule has 0 bridgehead atoms. The summed E-state index contributed by atoms with van der Waals surface area (Å²) in [5, 5.41) is 16.3. The lowest BCUT2D eigenvalue weighted by molar-refractivity contribution is -0.0177. The molecule has 0 unspecified atom stereocenters. The van der Waals surface area contributed by atoms with E-state index in [0.29, 0.717) is 36.7 Å². The van der Waals surface area contributed by atoms with Gasteiger partial charge in [-0.1, -0.05) is 38.3 Å². The zero-order chi connectivity index (χ0) is 33.8. The van der Waals surface area contributed by atoms with Gasteiger partial charge in [-0.05, 0) is 88.9 Å². The first kappa shape index (κ1) is 36.5. The van der Waals surface area contributed by atoms with Crippen molar-refractivity contribution in [2.24, 2.45) is 5.92 Å². The maximum Gasteiger partial charge on any atom is 0.319 e. The van der Waals surface area contributed by atoms with E-state index in [1.807, 2.05) is 26.0 Å². The molecule has 10 heteroatoms. The monoisotopic (exact) mass is 652 g/mol. The third kappa shape index (κ3) is 11.1. The molecule has 1 heterocycles. The molecule has 4 rings (SSSR count). The molecule has 10 nitrogen and oxygen atoms in total. The van der Waals surface area contributed by atoms with Crippen molar-refractivity contribution in [1.82, 2.24) is 15.1 Å². The number of nitrogens with one attached hydrogen (secondary N) is 2. The molecule has 1 aliphatic carbocycles. The minimum Gasteiger partial charge on any atom is -0.497 e. The Labute approximate surface area is 281 Å². The number of methoxy groups -OCH3 is 1. The standard InChI is InChI=1S/C37H56N4O6/c1-26-22-41(27(2)25-42)36(43)33-21-31(39-37(44)38-30-12-7-6-8-13-30)16-19-34(33)47-28(3)11-9-10-20-46-35(26)24-40(4)23-29-14-17-32(45-5)18-15-29/h14-19,21,26-28,30,35,42H,6-13,20,22-25H2,1-5H3,(H2,38,39,44)/t26-,27+,28-,35+/m0/s1. The van der Waals surface area contributed by atoms with E-state index in [2.05, 4.69) is 41.6 Å². The molecule has 0 aromatic heterocycles. The average molecular weight is 653 g/mol. The number of fused-ring (bicyclic) bond motifs is 1. The Morgan fingerprint density at radius 1 is 1.06 bits per heavy atom. The smallest absolute Gasteiger partial charge is 0.319 e. The van der Waals surface area contributed by atoms with Crippen molar-refractivity contribution in [2.75, 3.05) is 45.8 Å². The maximum atomic E-state index is 14.4. The molecule has 2 aromatic rings. The van der Waals surface area contributed by atoms with Crippen molar-refractivity contribution >= 4 is 17.6 Å². The van der Waals surface area contributed by atoms with Crippen LogP contribution in [0.25, 0.3) is 0 Å². The van der Waals surface area contributed by atoms with Crippen LogP contribution in [0.5, 0.6) is 11.5 Å². The quantitative estimate of drug-likeness (QED) is 0.301. The van der Waals surface area contributed by atoms with E-state index in [-0.39, 0.29) is 42.7 Å². The minimum atomic E-state index is -0.438. The minimum absolute atomic E-state index is 0.0277. The van der Waals surface area contributed by atoms with Gasteiger partial charge in [0, 0.05) is 43.9 Å². The summed E-state index contributed by atoms with van der Waals surface area (Å²) in [7, 11) is 3.75. The number of urea groups is 1. The van der Waals surface area contributed by atoms with Crippen LogP contribution >= 0.6 is 0 Å². The molecular weight excluding hydrogens is 596 g/mol. The fraction of sp³-hybridized carbons (Fsp3) is 0.622. The first-order valence-electron chi connectivity index (χ1n) is 17.4. The Morgan fingerprint density at radius 3 is 2.49 bits per heavy atom. The number of hydrogen-bond donors (Lipinski definition) is 3. The Hall–Kier alpha value is -3.34. The van der Waals surface area contributed by atoms with Crippen LogP contribution in [0.3, 0.4) is 0 Å². The molecule has 0 spiro atoms. The van der Waals surface area contributed by atoms with Crippen LogP contribution in [0.4, 0.5) is 10.5 Å². The number of nitrogens with zero attached hydrogens (tertiary/aromatic N) is 2. The van der Waals surface area contributed by atoms with Crippen LogP contribution in [0.2, 0.25) is 0 Å². The van der Waals surface area contributed by atoms with E-state index in [1.54, 1.807) is 30.2 Å². The molecule has 2 aromatic carbocycles. The van der Waals surface area contributed by atoms with E-state index < -0.39 is 6.04 Å². The molecule has 0 radical (unpaired) electrons. The van der Waals surface area contributed by atoms with Gasteiger partial charge in [-0.3, -0.25) is 9.69 Å². The molecule has 0 saturated heterocycles. The molecule has 47 heavy (non-hydrogen) atoms. The summed E-state index contributed by atoms with van der Waals surface area (Å²) in [4.78, 5) is 31.2. The van der Waals surface area contributed by atoms with Gasteiger partial charge in [-0.15, -0.1) is 0 Å². The number of carbonyl (C=O) groups excluding carboxylic acids is 2. The highest BCUT2D eigenvalue weighted by Crippen LogP contribution is 2.29. The Kier molecular flexibility index (Phi) is 14.2. The van der Waals surface area contributed by atoms with Crippen LogP contribution in [0.1, 0.15) is 88.1 Å². The summed E-state index contributed by atoms with van der Waals surface area (Å²) in [6.07, 6.45) is 7.81. The number of carbonyl (C=O) groups is 2. The van der Waals surface area contributed by atoms with Gasteiger partial charge in [-0.25, -0.2) is 4.79 Å². The first-order chi connectivity index (χ1) is 22.7. The molecule has 4 atom stereocenters. The molecular formula is C37H56N4O6. The zero-order valence-electron chi connectivity index (χ0n) is 29.0. The van der Waals surface area contributed by atoms with Gasteiger partial charge in [0.25, 0.3) is 5.91 Å². The number of amides is 3. The second-order valence-electron chi connectivity index (χ2n) is 13.5. The number of aliphatic hydroxyl groups excluding tert-OH is 1. The topological polar surface area (TPSA) is 113 Å². The van der Waals surface area contributed by atoms with Crippen molar-refractivity contribution in [1.29, 1.82) is 0 Å². The third-order valence-electron chi connectivity index (χ3n) is 9.35. The Balaban J connectivity index is 1.55. The van der Waals surface area contributed by atoms with Crippen molar-refractivity contribution in [2.45, 2.75) is 103 Å². The summed E-state index contributed by atoms with van der Waals surface area (Å²) in [5.41, 5.74) is 2.06. The maximum absolute atomic E-state index is 14.4. The lowest BCUT2D eigenvalue weighted by Crippen LogP contribution is -2.47. The summed E-state index contributed by atoms with van der Waals surface area (Å²) in [6, 6.07) is 12.8. The highest BCUT2D eigenvalue weighted by Gasteiger charge is 2.30. The number of rotatable bonds is 9. The largest absolute Gasteiger partial charge is 0.497 e. The normalized spacial score (nSPS) is 22.5. The first-order valence-corrected chi connectivity index (χ1v) is 17.4. The summed E-state index contributed by atoms with van der Waals surface area (Å²) in [6.45, 7) is 8.22. The lowest BCUT2D eigenvalue weighted by atomic mass is 9.96. The zero-order valence-corrected chi connectivity index (χ0v) is 29.0. The molecule has 1 fully saturated rings. The number of ether oxygens (including phenoxy) is 3. The fourth-order valence-electron chi connectivity index (χ4n) is 6.48. The molecule has 1 aliphatic heterocycles. The number of hydrogen-bond acceptors (Lipinski definition) is 7. The van der Waals surface area contributed by atoms with Gasteiger partial charge in [0.05, 0.1) is 37.5 Å². The highest BCUT2D eigenvalue weighted by molar-refractivity contribution is 5.99. The van der Waals surface area contributed by atoms with Gasteiger partial charge >= 0.3 is 6.03 Å². The van der Waals surface area contributed by atoms with Gasteiger partial charge in [0.15, 0.2) is 0 Å². The molecule has 260 valence electrons. The molecule has 3 amide bonds. The highest BCUT2D eigenvalue weighted by atomic mass is 16.5. The predicted molar refractivity (Wildman–Crippen MR) is 185 cm³/mol. The van der Waals surface area contributed by atoms with E-state index in [1.165, 1.54) is 12.0 Å². The molecule has 3 N–H and O–H groups in total. The van der Waals surface area contributed by atoms with Crippen molar-refractivity contribution in [3.63, 3.8) is 0 Å². The van der Waals surface area contributed by atoms with E-state index in [9.17, 15) is 14.7 Å². The summed E-state index contributed by atoms with van der Waals surface area (Å²) >= 11 is 0.